The van der Waals surface area contributed by atoms with Gasteiger partial charge in [-0.25, -0.2) is 0 Å². The molecule has 1 rings (SSSR count). The van der Waals surface area contributed by atoms with Crippen LogP contribution in [0.1, 0.15) is 19.4 Å². The van der Waals surface area contributed by atoms with Crippen LogP contribution in [0.15, 0.2) is 18.2 Å². The molecule has 0 aliphatic rings. The molecule has 88 valence electrons. The Balaban J connectivity index is 3.16. The van der Waals surface area contributed by atoms with Crippen LogP contribution in [0, 0.1) is 0 Å². The lowest BCUT2D eigenvalue weighted by molar-refractivity contribution is 0.394. The molecular formula is C11H17N3OS. The van der Waals surface area contributed by atoms with Gasteiger partial charge in [0.1, 0.15) is 5.75 Å². The van der Waals surface area contributed by atoms with E-state index in [0.717, 1.165) is 17.0 Å². The Kier molecular flexibility index (Phi) is 3.72. The van der Waals surface area contributed by atoms with E-state index in [9.17, 15) is 0 Å². The van der Waals surface area contributed by atoms with Gasteiger partial charge in [0, 0.05) is 16.8 Å². The molecule has 5 heteroatoms. The molecule has 0 aliphatic heterocycles. The zero-order valence-electron chi connectivity index (χ0n) is 9.70. The summed E-state index contributed by atoms with van der Waals surface area (Å²) in [6, 6.07) is 5.57. The van der Waals surface area contributed by atoms with E-state index in [4.69, 9.17) is 28.4 Å². The predicted octanol–water partition coefficient (Wildman–Crippen LogP) is 1.54. The maximum absolute atomic E-state index is 6.06. The van der Waals surface area contributed by atoms with Crippen molar-refractivity contribution in [2.75, 3.05) is 12.4 Å². The standard InChI is InChI=1S/C11H17N3OS/c1-11(2,13)8-6-7(14-10(12)16)4-5-9(8)15-3/h4-6H,13H2,1-3H3,(H3,12,14,16). The van der Waals surface area contributed by atoms with Crippen molar-refractivity contribution < 1.29 is 4.74 Å². The normalized spacial score (nSPS) is 11.0. The Labute approximate surface area is 101 Å². The summed E-state index contributed by atoms with van der Waals surface area (Å²) in [5.41, 5.74) is 12.7. The molecule has 0 saturated carbocycles. The maximum Gasteiger partial charge on any atom is 0.168 e. The van der Waals surface area contributed by atoms with Gasteiger partial charge in [-0.15, -0.1) is 0 Å². The highest BCUT2D eigenvalue weighted by molar-refractivity contribution is 7.80. The molecule has 0 aromatic heterocycles. The number of anilines is 1. The molecule has 0 amide bonds. The number of nitrogens with two attached hydrogens (primary N) is 2. The average molecular weight is 239 g/mol. The molecule has 0 bridgehead atoms. The van der Waals surface area contributed by atoms with E-state index in [-0.39, 0.29) is 5.11 Å². The third-order valence-corrected chi connectivity index (χ3v) is 2.26. The Bertz CT molecular complexity index is 399. The van der Waals surface area contributed by atoms with Gasteiger partial charge in [0.25, 0.3) is 0 Å². The predicted molar refractivity (Wildman–Crippen MR) is 70.6 cm³/mol. The lowest BCUT2D eigenvalue weighted by Gasteiger charge is -2.23. The number of thiocarbonyl (C=S) groups is 1. The van der Waals surface area contributed by atoms with Gasteiger partial charge in [-0.1, -0.05) is 0 Å². The van der Waals surface area contributed by atoms with E-state index < -0.39 is 5.54 Å². The third kappa shape index (κ3) is 3.08. The van der Waals surface area contributed by atoms with Crippen molar-refractivity contribution in [1.29, 1.82) is 0 Å². The zero-order valence-corrected chi connectivity index (χ0v) is 10.5. The molecule has 0 fully saturated rings. The molecule has 0 unspecified atom stereocenters. The largest absolute Gasteiger partial charge is 0.496 e. The van der Waals surface area contributed by atoms with E-state index in [1.54, 1.807) is 7.11 Å². The Hall–Kier alpha value is -1.33. The fourth-order valence-corrected chi connectivity index (χ4v) is 1.55. The first-order chi connectivity index (χ1) is 7.34. The van der Waals surface area contributed by atoms with Crippen LogP contribution in [0.5, 0.6) is 5.75 Å². The van der Waals surface area contributed by atoms with Gasteiger partial charge >= 0.3 is 0 Å². The van der Waals surface area contributed by atoms with Crippen LogP contribution in [-0.2, 0) is 5.54 Å². The van der Waals surface area contributed by atoms with Crippen molar-refractivity contribution in [2.45, 2.75) is 19.4 Å². The lowest BCUT2D eigenvalue weighted by Crippen LogP contribution is -2.29. The summed E-state index contributed by atoms with van der Waals surface area (Å²) in [6.45, 7) is 3.82. The van der Waals surface area contributed by atoms with Crippen molar-refractivity contribution in [3.8, 4) is 5.75 Å². The molecule has 0 saturated heterocycles. The van der Waals surface area contributed by atoms with Crippen molar-refractivity contribution in [3.05, 3.63) is 23.8 Å². The van der Waals surface area contributed by atoms with E-state index in [1.165, 1.54) is 0 Å². The minimum Gasteiger partial charge on any atom is -0.496 e. The molecule has 0 aliphatic carbocycles. The van der Waals surface area contributed by atoms with Gasteiger partial charge in [0.2, 0.25) is 0 Å². The van der Waals surface area contributed by atoms with Crippen LogP contribution in [0.4, 0.5) is 5.69 Å². The van der Waals surface area contributed by atoms with Crippen LogP contribution < -0.4 is 21.5 Å². The quantitative estimate of drug-likeness (QED) is 0.698. The molecule has 1 aromatic carbocycles. The number of nitrogens with one attached hydrogen (secondary N) is 1. The first-order valence-electron chi connectivity index (χ1n) is 4.88. The topological polar surface area (TPSA) is 73.3 Å². The number of hydrogen-bond donors (Lipinski definition) is 3. The third-order valence-electron chi connectivity index (χ3n) is 2.16. The van der Waals surface area contributed by atoms with Crippen molar-refractivity contribution in [3.63, 3.8) is 0 Å². The Morgan fingerprint density at radius 2 is 2.06 bits per heavy atom. The van der Waals surface area contributed by atoms with Gasteiger partial charge in [-0.05, 0) is 44.3 Å². The number of ether oxygens (including phenoxy) is 1. The van der Waals surface area contributed by atoms with Gasteiger partial charge in [0.15, 0.2) is 5.11 Å². The summed E-state index contributed by atoms with van der Waals surface area (Å²) in [6.07, 6.45) is 0. The van der Waals surface area contributed by atoms with E-state index >= 15 is 0 Å². The second-order valence-corrected chi connectivity index (χ2v) is 4.57. The van der Waals surface area contributed by atoms with Crippen LogP contribution in [0.25, 0.3) is 0 Å². The van der Waals surface area contributed by atoms with Crippen molar-refractivity contribution in [2.24, 2.45) is 11.5 Å². The van der Waals surface area contributed by atoms with Gasteiger partial charge in [-0.3, -0.25) is 0 Å². The molecule has 0 atom stereocenters. The van der Waals surface area contributed by atoms with E-state index in [2.05, 4.69) is 5.32 Å². The number of hydrogen-bond acceptors (Lipinski definition) is 3. The van der Waals surface area contributed by atoms with Crippen LogP contribution in [0.3, 0.4) is 0 Å². The summed E-state index contributed by atoms with van der Waals surface area (Å²) in [5, 5.41) is 3.09. The molecule has 1 aromatic rings. The summed E-state index contributed by atoms with van der Waals surface area (Å²) in [7, 11) is 1.62. The molecule has 0 spiro atoms. The first kappa shape index (κ1) is 12.7. The van der Waals surface area contributed by atoms with Crippen LogP contribution >= 0.6 is 12.2 Å². The zero-order chi connectivity index (χ0) is 12.3. The average Bonchev–Trinajstić information content (AvgIpc) is 2.15. The maximum atomic E-state index is 6.06. The Morgan fingerprint density at radius 1 is 1.44 bits per heavy atom. The fraction of sp³-hybridized carbons (Fsp3) is 0.364. The van der Waals surface area contributed by atoms with E-state index in [0.29, 0.717) is 0 Å². The SMILES string of the molecule is COc1ccc(NC(N)=S)cc1C(C)(C)N. The van der Waals surface area contributed by atoms with Gasteiger partial charge < -0.3 is 21.5 Å². The van der Waals surface area contributed by atoms with Crippen LogP contribution in [0.2, 0.25) is 0 Å². The highest BCUT2D eigenvalue weighted by atomic mass is 32.1. The second-order valence-electron chi connectivity index (χ2n) is 4.13. The summed E-state index contributed by atoms with van der Waals surface area (Å²) in [5.74, 6) is 0.751. The molecule has 5 N–H and O–H groups in total. The molecule has 0 radical (unpaired) electrons. The minimum absolute atomic E-state index is 0.228. The number of benzene rings is 1. The monoisotopic (exact) mass is 239 g/mol. The molecular weight excluding hydrogens is 222 g/mol. The highest BCUT2D eigenvalue weighted by Crippen LogP contribution is 2.30. The van der Waals surface area contributed by atoms with Crippen molar-refractivity contribution in [1.82, 2.24) is 0 Å². The first-order valence-corrected chi connectivity index (χ1v) is 5.29. The smallest absolute Gasteiger partial charge is 0.168 e. The van der Waals surface area contributed by atoms with Crippen molar-refractivity contribution >= 4 is 23.0 Å². The Morgan fingerprint density at radius 3 is 2.50 bits per heavy atom. The minimum atomic E-state index is -0.487. The molecule has 16 heavy (non-hydrogen) atoms. The molecule has 0 heterocycles. The summed E-state index contributed by atoms with van der Waals surface area (Å²) in [4.78, 5) is 0. The lowest BCUT2D eigenvalue weighted by atomic mass is 9.94. The second kappa shape index (κ2) is 4.67. The van der Waals surface area contributed by atoms with Gasteiger partial charge in [0.05, 0.1) is 7.11 Å². The van der Waals surface area contributed by atoms with E-state index in [1.807, 2.05) is 32.0 Å². The van der Waals surface area contributed by atoms with Crippen LogP contribution in [-0.4, -0.2) is 12.2 Å². The highest BCUT2D eigenvalue weighted by Gasteiger charge is 2.19. The molecule has 4 nitrogen and oxygen atoms in total. The number of rotatable bonds is 3. The van der Waals surface area contributed by atoms with Gasteiger partial charge in [-0.2, -0.15) is 0 Å². The fourth-order valence-electron chi connectivity index (χ4n) is 1.43. The number of methoxy groups -OCH3 is 1. The summed E-state index contributed by atoms with van der Waals surface area (Å²) < 4.78 is 5.26. The summed E-state index contributed by atoms with van der Waals surface area (Å²) >= 11 is 4.78.